The predicted molar refractivity (Wildman–Crippen MR) is 62.9 cm³/mol. The third-order valence-corrected chi connectivity index (χ3v) is 2.06. The number of aldehydes is 1. The molecule has 0 saturated heterocycles. The fourth-order valence-corrected chi connectivity index (χ4v) is 1.39. The van der Waals surface area contributed by atoms with Crippen molar-refractivity contribution in [3.05, 3.63) is 29.8 Å². The molecule has 1 aromatic rings. The zero-order chi connectivity index (χ0) is 11.3. The minimum absolute atomic E-state index is 0.395. The number of carbonyl (C=O) groups excluding carboxylic acids is 1. The zero-order valence-corrected chi connectivity index (χ0v) is 9.23. The van der Waals surface area contributed by atoms with Gasteiger partial charge in [0, 0.05) is 11.7 Å². The molecule has 3 N–H and O–H groups in total. The molecule has 3 heteroatoms. The van der Waals surface area contributed by atoms with E-state index in [-0.39, 0.29) is 0 Å². The van der Waals surface area contributed by atoms with Crippen molar-refractivity contribution in [2.24, 2.45) is 5.73 Å². The van der Waals surface area contributed by atoms with E-state index in [1.165, 1.54) is 0 Å². The number of nitrogens with one attached hydrogen (secondary N) is 1. The second-order valence-corrected chi connectivity index (χ2v) is 4.00. The largest absolute Gasteiger partial charge is 0.383 e. The highest BCUT2D eigenvalue weighted by molar-refractivity contribution is 5.58. The van der Waals surface area contributed by atoms with Crippen molar-refractivity contribution in [1.82, 2.24) is 0 Å². The lowest BCUT2D eigenvalue weighted by Crippen LogP contribution is -2.24. The molecule has 1 aromatic carbocycles. The van der Waals surface area contributed by atoms with Gasteiger partial charge in [-0.25, -0.2) is 0 Å². The standard InChI is InChI=1S/C12H18N2O/c1-9(2)14-12-5-3-10(4-6-12)7-11(13)8-15/h3-6,8-9,11,14H,7,13H2,1-2H3/t11-/m0/s1. The fourth-order valence-electron chi connectivity index (χ4n) is 1.39. The van der Waals surface area contributed by atoms with E-state index >= 15 is 0 Å². The Bertz CT molecular complexity index is 306. The first-order valence-corrected chi connectivity index (χ1v) is 5.18. The third kappa shape index (κ3) is 4.13. The van der Waals surface area contributed by atoms with Crippen LogP contribution in [0.25, 0.3) is 0 Å². The molecule has 0 spiro atoms. The fraction of sp³-hybridized carbons (Fsp3) is 0.417. The van der Waals surface area contributed by atoms with Gasteiger partial charge in [-0.3, -0.25) is 0 Å². The summed E-state index contributed by atoms with van der Waals surface area (Å²) < 4.78 is 0. The molecule has 0 bridgehead atoms. The summed E-state index contributed by atoms with van der Waals surface area (Å²) >= 11 is 0. The minimum atomic E-state index is -0.395. The van der Waals surface area contributed by atoms with Gasteiger partial charge in [0.1, 0.15) is 6.29 Å². The Morgan fingerprint density at radius 3 is 2.40 bits per heavy atom. The van der Waals surface area contributed by atoms with Crippen molar-refractivity contribution in [2.45, 2.75) is 32.4 Å². The van der Waals surface area contributed by atoms with E-state index in [2.05, 4.69) is 19.2 Å². The minimum Gasteiger partial charge on any atom is -0.383 e. The molecule has 0 radical (unpaired) electrons. The number of hydrogen-bond acceptors (Lipinski definition) is 3. The van der Waals surface area contributed by atoms with E-state index < -0.39 is 6.04 Å². The van der Waals surface area contributed by atoms with Crippen LogP contribution in [0.15, 0.2) is 24.3 Å². The van der Waals surface area contributed by atoms with E-state index in [4.69, 9.17) is 5.73 Å². The first-order valence-electron chi connectivity index (χ1n) is 5.18. The van der Waals surface area contributed by atoms with Crippen LogP contribution in [0.5, 0.6) is 0 Å². The number of anilines is 1. The Hall–Kier alpha value is -1.35. The Labute approximate surface area is 90.7 Å². The first-order chi connectivity index (χ1) is 7.11. The molecule has 0 amide bonds. The highest BCUT2D eigenvalue weighted by atomic mass is 16.1. The lowest BCUT2D eigenvalue weighted by molar-refractivity contribution is -0.108. The average molecular weight is 206 g/mol. The van der Waals surface area contributed by atoms with Crippen molar-refractivity contribution >= 4 is 12.0 Å². The summed E-state index contributed by atoms with van der Waals surface area (Å²) in [6.07, 6.45) is 1.38. The quantitative estimate of drug-likeness (QED) is 0.719. The summed E-state index contributed by atoms with van der Waals surface area (Å²) in [4.78, 5) is 10.4. The van der Waals surface area contributed by atoms with Crippen LogP contribution in [0, 0.1) is 0 Å². The summed E-state index contributed by atoms with van der Waals surface area (Å²) in [5.41, 5.74) is 7.72. The maximum atomic E-state index is 10.4. The van der Waals surface area contributed by atoms with Gasteiger partial charge >= 0.3 is 0 Å². The van der Waals surface area contributed by atoms with Crippen LogP contribution in [0.3, 0.4) is 0 Å². The van der Waals surface area contributed by atoms with Crippen molar-refractivity contribution in [2.75, 3.05) is 5.32 Å². The first kappa shape index (κ1) is 11.7. The molecule has 82 valence electrons. The highest BCUT2D eigenvalue weighted by Crippen LogP contribution is 2.11. The maximum absolute atomic E-state index is 10.4. The van der Waals surface area contributed by atoms with E-state index in [0.717, 1.165) is 17.5 Å². The van der Waals surface area contributed by atoms with Crippen LogP contribution in [0.2, 0.25) is 0 Å². The van der Waals surface area contributed by atoms with Crippen molar-refractivity contribution in [3.63, 3.8) is 0 Å². The molecule has 1 rings (SSSR count). The van der Waals surface area contributed by atoms with Crippen molar-refractivity contribution in [1.29, 1.82) is 0 Å². The van der Waals surface area contributed by atoms with Crippen LogP contribution in [0.1, 0.15) is 19.4 Å². The monoisotopic (exact) mass is 206 g/mol. The van der Waals surface area contributed by atoms with Gasteiger partial charge in [-0.15, -0.1) is 0 Å². The molecule has 0 aromatic heterocycles. The molecular formula is C12H18N2O. The van der Waals surface area contributed by atoms with E-state index in [1.807, 2.05) is 24.3 Å². The highest BCUT2D eigenvalue weighted by Gasteiger charge is 2.02. The van der Waals surface area contributed by atoms with Crippen molar-refractivity contribution in [3.8, 4) is 0 Å². The smallest absolute Gasteiger partial charge is 0.137 e. The number of nitrogens with two attached hydrogens (primary N) is 1. The molecule has 0 unspecified atom stereocenters. The van der Waals surface area contributed by atoms with Gasteiger partial charge in [0.05, 0.1) is 6.04 Å². The lowest BCUT2D eigenvalue weighted by Gasteiger charge is -2.10. The Kier molecular flexibility index (Phi) is 4.31. The van der Waals surface area contributed by atoms with Gasteiger partial charge in [0.2, 0.25) is 0 Å². The van der Waals surface area contributed by atoms with Gasteiger partial charge in [0.25, 0.3) is 0 Å². The van der Waals surface area contributed by atoms with Crippen LogP contribution >= 0.6 is 0 Å². The second-order valence-electron chi connectivity index (χ2n) is 4.00. The average Bonchev–Trinajstić information content (AvgIpc) is 2.20. The lowest BCUT2D eigenvalue weighted by atomic mass is 10.1. The van der Waals surface area contributed by atoms with Gasteiger partial charge < -0.3 is 15.8 Å². The van der Waals surface area contributed by atoms with Crippen LogP contribution < -0.4 is 11.1 Å². The molecule has 0 fully saturated rings. The Balaban J connectivity index is 2.59. The number of hydrogen-bond donors (Lipinski definition) is 2. The zero-order valence-electron chi connectivity index (χ0n) is 9.23. The van der Waals surface area contributed by atoms with E-state index in [0.29, 0.717) is 12.5 Å². The van der Waals surface area contributed by atoms with Gasteiger partial charge in [0.15, 0.2) is 0 Å². The molecule has 0 aliphatic carbocycles. The normalized spacial score (nSPS) is 12.5. The molecule has 0 aliphatic rings. The SMILES string of the molecule is CC(C)Nc1ccc(C[C@H](N)C=O)cc1. The molecular weight excluding hydrogens is 188 g/mol. The van der Waals surface area contributed by atoms with Crippen LogP contribution in [-0.2, 0) is 11.2 Å². The Morgan fingerprint density at radius 2 is 1.93 bits per heavy atom. The molecule has 0 aliphatic heterocycles. The second kappa shape index (κ2) is 5.51. The molecule has 3 nitrogen and oxygen atoms in total. The van der Waals surface area contributed by atoms with Gasteiger partial charge in [-0.2, -0.15) is 0 Å². The summed E-state index contributed by atoms with van der Waals surface area (Å²) in [6.45, 7) is 4.19. The number of rotatable bonds is 5. The topological polar surface area (TPSA) is 55.1 Å². The maximum Gasteiger partial charge on any atom is 0.137 e. The third-order valence-electron chi connectivity index (χ3n) is 2.06. The van der Waals surface area contributed by atoms with Gasteiger partial charge in [-0.1, -0.05) is 12.1 Å². The van der Waals surface area contributed by atoms with E-state index in [9.17, 15) is 4.79 Å². The summed E-state index contributed by atoms with van der Waals surface area (Å²) in [5.74, 6) is 0. The molecule has 0 heterocycles. The number of benzene rings is 1. The van der Waals surface area contributed by atoms with E-state index in [1.54, 1.807) is 0 Å². The summed E-state index contributed by atoms with van der Waals surface area (Å²) in [5, 5.41) is 3.30. The summed E-state index contributed by atoms with van der Waals surface area (Å²) in [7, 11) is 0. The Morgan fingerprint density at radius 1 is 1.33 bits per heavy atom. The van der Waals surface area contributed by atoms with Crippen LogP contribution in [-0.4, -0.2) is 18.4 Å². The number of carbonyl (C=O) groups is 1. The summed E-state index contributed by atoms with van der Waals surface area (Å²) in [6, 6.07) is 8.03. The molecule has 1 atom stereocenters. The molecule has 15 heavy (non-hydrogen) atoms. The van der Waals surface area contributed by atoms with Crippen LogP contribution in [0.4, 0.5) is 5.69 Å². The predicted octanol–water partition coefficient (Wildman–Crippen LogP) is 1.58. The van der Waals surface area contributed by atoms with Crippen molar-refractivity contribution < 1.29 is 4.79 Å². The van der Waals surface area contributed by atoms with Gasteiger partial charge in [-0.05, 0) is 38.0 Å². The molecule has 0 saturated carbocycles.